The molecule has 1 rings (SSSR count). The molecular weight excluding hydrogens is 176 g/mol. The third kappa shape index (κ3) is 2.98. The van der Waals surface area contributed by atoms with Gasteiger partial charge in [0.25, 0.3) is 0 Å². The molecule has 0 aromatic rings. The zero-order chi connectivity index (χ0) is 10.6. The fourth-order valence-corrected chi connectivity index (χ4v) is 1.75. The highest BCUT2D eigenvalue weighted by molar-refractivity contribution is 5.82. The molecule has 1 saturated heterocycles. The van der Waals surface area contributed by atoms with Crippen LogP contribution in [0.2, 0.25) is 0 Å². The molecule has 1 amide bonds. The lowest BCUT2D eigenvalue weighted by Gasteiger charge is -2.33. The SMILES string of the molecule is CCC1NCCN(CCC(C)C)C1=O. The maximum Gasteiger partial charge on any atom is 0.239 e. The highest BCUT2D eigenvalue weighted by atomic mass is 16.2. The van der Waals surface area contributed by atoms with Crippen LogP contribution in [0.4, 0.5) is 0 Å². The molecule has 0 aromatic carbocycles. The summed E-state index contributed by atoms with van der Waals surface area (Å²) in [5.74, 6) is 0.970. The van der Waals surface area contributed by atoms with E-state index in [2.05, 4.69) is 26.1 Å². The second-order valence-corrected chi connectivity index (χ2v) is 4.42. The maximum atomic E-state index is 11.8. The standard InChI is InChI=1S/C11H22N2O/c1-4-10-11(14)13(8-6-12-10)7-5-9(2)3/h9-10,12H,4-8H2,1-3H3. The summed E-state index contributed by atoms with van der Waals surface area (Å²) in [5.41, 5.74) is 0. The number of hydrogen-bond donors (Lipinski definition) is 1. The van der Waals surface area contributed by atoms with Crippen LogP contribution in [-0.4, -0.2) is 36.5 Å². The lowest BCUT2D eigenvalue weighted by atomic mass is 10.1. The van der Waals surface area contributed by atoms with Crippen LogP contribution in [0.3, 0.4) is 0 Å². The number of hydrogen-bond acceptors (Lipinski definition) is 2. The van der Waals surface area contributed by atoms with E-state index in [1.165, 1.54) is 0 Å². The van der Waals surface area contributed by atoms with Gasteiger partial charge in [0.05, 0.1) is 6.04 Å². The van der Waals surface area contributed by atoms with E-state index in [0.717, 1.165) is 32.5 Å². The summed E-state index contributed by atoms with van der Waals surface area (Å²) < 4.78 is 0. The smallest absolute Gasteiger partial charge is 0.239 e. The van der Waals surface area contributed by atoms with E-state index in [1.54, 1.807) is 0 Å². The van der Waals surface area contributed by atoms with E-state index < -0.39 is 0 Å². The fraction of sp³-hybridized carbons (Fsp3) is 0.909. The third-order valence-electron chi connectivity index (χ3n) is 2.77. The van der Waals surface area contributed by atoms with Crippen molar-refractivity contribution in [1.29, 1.82) is 0 Å². The van der Waals surface area contributed by atoms with Gasteiger partial charge in [0, 0.05) is 19.6 Å². The molecule has 1 aliphatic rings. The van der Waals surface area contributed by atoms with Gasteiger partial charge in [-0.3, -0.25) is 4.79 Å². The van der Waals surface area contributed by atoms with Crippen molar-refractivity contribution in [2.24, 2.45) is 5.92 Å². The van der Waals surface area contributed by atoms with Gasteiger partial charge < -0.3 is 10.2 Å². The lowest BCUT2D eigenvalue weighted by molar-refractivity contribution is -0.135. The zero-order valence-electron chi connectivity index (χ0n) is 9.55. The normalized spacial score (nSPS) is 23.3. The predicted octanol–water partition coefficient (Wildman–Crippen LogP) is 1.24. The van der Waals surface area contributed by atoms with Gasteiger partial charge in [-0.05, 0) is 18.8 Å². The van der Waals surface area contributed by atoms with Crippen LogP contribution in [0.5, 0.6) is 0 Å². The largest absolute Gasteiger partial charge is 0.340 e. The second-order valence-electron chi connectivity index (χ2n) is 4.42. The minimum absolute atomic E-state index is 0.0657. The predicted molar refractivity (Wildman–Crippen MR) is 58.1 cm³/mol. The number of amides is 1. The van der Waals surface area contributed by atoms with Crippen molar-refractivity contribution in [3.63, 3.8) is 0 Å². The van der Waals surface area contributed by atoms with Crippen molar-refractivity contribution in [3.05, 3.63) is 0 Å². The average Bonchev–Trinajstić information content (AvgIpc) is 2.16. The zero-order valence-corrected chi connectivity index (χ0v) is 9.55. The fourth-order valence-electron chi connectivity index (χ4n) is 1.75. The van der Waals surface area contributed by atoms with E-state index in [1.807, 2.05) is 4.90 Å². The van der Waals surface area contributed by atoms with Gasteiger partial charge in [-0.25, -0.2) is 0 Å². The molecule has 1 heterocycles. The molecule has 0 radical (unpaired) electrons. The van der Waals surface area contributed by atoms with Gasteiger partial charge >= 0.3 is 0 Å². The summed E-state index contributed by atoms with van der Waals surface area (Å²) in [5, 5.41) is 3.24. The first-order valence-corrected chi connectivity index (χ1v) is 5.67. The first-order chi connectivity index (χ1) is 6.65. The third-order valence-corrected chi connectivity index (χ3v) is 2.77. The Hall–Kier alpha value is -0.570. The Morgan fingerprint density at radius 3 is 2.86 bits per heavy atom. The van der Waals surface area contributed by atoms with Gasteiger partial charge in [-0.2, -0.15) is 0 Å². The Morgan fingerprint density at radius 1 is 1.57 bits per heavy atom. The summed E-state index contributed by atoms with van der Waals surface area (Å²) in [6, 6.07) is 0.0657. The van der Waals surface area contributed by atoms with Crippen molar-refractivity contribution in [3.8, 4) is 0 Å². The number of carbonyl (C=O) groups excluding carboxylic acids is 1. The Bertz CT molecular complexity index is 192. The molecule has 0 bridgehead atoms. The molecule has 0 saturated carbocycles. The second kappa shape index (κ2) is 5.35. The van der Waals surface area contributed by atoms with Crippen LogP contribution in [0, 0.1) is 5.92 Å². The van der Waals surface area contributed by atoms with Crippen LogP contribution >= 0.6 is 0 Å². The van der Waals surface area contributed by atoms with Crippen molar-refractivity contribution in [1.82, 2.24) is 10.2 Å². The highest BCUT2D eigenvalue weighted by Gasteiger charge is 2.26. The van der Waals surface area contributed by atoms with Crippen LogP contribution in [-0.2, 0) is 4.79 Å². The monoisotopic (exact) mass is 198 g/mol. The highest BCUT2D eigenvalue weighted by Crippen LogP contribution is 2.08. The minimum Gasteiger partial charge on any atom is -0.340 e. The average molecular weight is 198 g/mol. The summed E-state index contributed by atoms with van der Waals surface area (Å²) in [6.45, 7) is 9.20. The molecule has 0 spiro atoms. The molecule has 1 aliphatic heterocycles. The number of rotatable bonds is 4. The van der Waals surface area contributed by atoms with E-state index in [0.29, 0.717) is 11.8 Å². The molecule has 14 heavy (non-hydrogen) atoms. The first-order valence-electron chi connectivity index (χ1n) is 5.67. The van der Waals surface area contributed by atoms with Gasteiger partial charge in [0.2, 0.25) is 5.91 Å². The van der Waals surface area contributed by atoms with E-state index >= 15 is 0 Å². The quantitative estimate of drug-likeness (QED) is 0.737. The molecule has 3 heteroatoms. The Kier molecular flexibility index (Phi) is 4.39. The maximum absolute atomic E-state index is 11.8. The molecular formula is C11H22N2O. The number of nitrogens with one attached hydrogen (secondary N) is 1. The van der Waals surface area contributed by atoms with Crippen molar-refractivity contribution < 1.29 is 4.79 Å². The van der Waals surface area contributed by atoms with Crippen LogP contribution in [0.25, 0.3) is 0 Å². The van der Waals surface area contributed by atoms with Crippen LogP contribution in [0.1, 0.15) is 33.6 Å². The minimum atomic E-state index is 0.0657. The van der Waals surface area contributed by atoms with Crippen molar-refractivity contribution >= 4 is 5.91 Å². The topological polar surface area (TPSA) is 32.3 Å². The number of nitrogens with zero attached hydrogens (tertiary/aromatic N) is 1. The van der Waals surface area contributed by atoms with E-state index in [9.17, 15) is 4.79 Å². The Labute approximate surface area is 86.9 Å². The Morgan fingerprint density at radius 2 is 2.29 bits per heavy atom. The van der Waals surface area contributed by atoms with Gasteiger partial charge in [-0.15, -0.1) is 0 Å². The van der Waals surface area contributed by atoms with Gasteiger partial charge in [0.1, 0.15) is 0 Å². The Balaban J connectivity index is 2.40. The molecule has 1 atom stereocenters. The molecule has 3 nitrogen and oxygen atoms in total. The lowest BCUT2D eigenvalue weighted by Crippen LogP contribution is -2.54. The number of carbonyl (C=O) groups is 1. The van der Waals surface area contributed by atoms with Crippen molar-refractivity contribution in [2.45, 2.75) is 39.7 Å². The molecule has 1 unspecified atom stereocenters. The summed E-state index contributed by atoms with van der Waals surface area (Å²) in [6.07, 6.45) is 2.01. The summed E-state index contributed by atoms with van der Waals surface area (Å²) in [4.78, 5) is 13.8. The van der Waals surface area contributed by atoms with Crippen LogP contribution < -0.4 is 5.32 Å². The molecule has 0 aliphatic carbocycles. The van der Waals surface area contributed by atoms with E-state index in [4.69, 9.17) is 0 Å². The van der Waals surface area contributed by atoms with Crippen LogP contribution in [0.15, 0.2) is 0 Å². The molecule has 0 aromatic heterocycles. The molecule has 1 N–H and O–H groups in total. The number of piperazine rings is 1. The van der Waals surface area contributed by atoms with Crippen molar-refractivity contribution in [2.75, 3.05) is 19.6 Å². The summed E-state index contributed by atoms with van der Waals surface area (Å²) >= 11 is 0. The summed E-state index contributed by atoms with van der Waals surface area (Å²) in [7, 11) is 0. The first kappa shape index (κ1) is 11.5. The van der Waals surface area contributed by atoms with Gasteiger partial charge in [0.15, 0.2) is 0 Å². The van der Waals surface area contributed by atoms with E-state index in [-0.39, 0.29) is 6.04 Å². The molecule has 82 valence electrons. The van der Waals surface area contributed by atoms with Gasteiger partial charge in [-0.1, -0.05) is 20.8 Å². The molecule has 1 fully saturated rings.